The summed E-state index contributed by atoms with van der Waals surface area (Å²) < 4.78 is 32.7. The molecule has 2 aromatic rings. The minimum Gasteiger partial charge on any atom is -0.497 e. The molecule has 154 valence electrons. The van der Waals surface area contributed by atoms with Gasteiger partial charge in [0.1, 0.15) is 5.75 Å². The van der Waals surface area contributed by atoms with E-state index >= 15 is 0 Å². The SMILES string of the molecule is CCC(=O)Nc1ccc(S(=O)(=O)N2CCC[C@@H]2C(=O)c2ccc(OC)cc2)cc1. The molecule has 29 heavy (non-hydrogen) atoms. The van der Waals surface area contributed by atoms with Crippen molar-refractivity contribution in [3.63, 3.8) is 0 Å². The number of sulfonamides is 1. The Balaban J connectivity index is 1.81. The van der Waals surface area contributed by atoms with Crippen LogP contribution in [0.15, 0.2) is 53.4 Å². The van der Waals surface area contributed by atoms with Crippen LogP contribution >= 0.6 is 0 Å². The fourth-order valence-electron chi connectivity index (χ4n) is 3.33. The molecule has 0 radical (unpaired) electrons. The van der Waals surface area contributed by atoms with Gasteiger partial charge in [-0.3, -0.25) is 9.59 Å². The summed E-state index contributed by atoms with van der Waals surface area (Å²) in [5.41, 5.74) is 0.985. The van der Waals surface area contributed by atoms with Crippen LogP contribution in [0, 0.1) is 0 Å². The number of benzene rings is 2. The molecule has 1 amide bonds. The summed E-state index contributed by atoms with van der Waals surface area (Å²) in [6, 6.07) is 11.9. The summed E-state index contributed by atoms with van der Waals surface area (Å²) in [5.74, 6) is 0.263. The van der Waals surface area contributed by atoms with Crippen molar-refractivity contribution in [3.05, 3.63) is 54.1 Å². The summed E-state index contributed by atoms with van der Waals surface area (Å²) >= 11 is 0. The van der Waals surface area contributed by atoms with Gasteiger partial charge in [0.25, 0.3) is 0 Å². The number of Topliss-reactive ketones (excluding diaryl/α,β-unsaturated/α-hetero) is 1. The van der Waals surface area contributed by atoms with Gasteiger partial charge in [0.15, 0.2) is 5.78 Å². The molecule has 0 unspecified atom stereocenters. The summed E-state index contributed by atoms with van der Waals surface area (Å²) in [6.45, 7) is 2.03. The van der Waals surface area contributed by atoms with Gasteiger partial charge in [-0.1, -0.05) is 6.92 Å². The molecule has 2 aromatic carbocycles. The minimum absolute atomic E-state index is 0.0985. The Morgan fingerprint density at radius 1 is 1.10 bits per heavy atom. The average molecular weight is 416 g/mol. The van der Waals surface area contributed by atoms with Crippen molar-refractivity contribution < 1.29 is 22.7 Å². The lowest BCUT2D eigenvalue weighted by molar-refractivity contribution is -0.115. The van der Waals surface area contributed by atoms with Crippen LogP contribution in [0.4, 0.5) is 5.69 Å². The van der Waals surface area contributed by atoms with E-state index in [1.165, 1.54) is 16.4 Å². The van der Waals surface area contributed by atoms with Crippen LogP contribution < -0.4 is 10.1 Å². The van der Waals surface area contributed by atoms with E-state index < -0.39 is 16.1 Å². The molecular weight excluding hydrogens is 392 g/mol. The average Bonchev–Trinajstić information content (AvgIpc) is 3.24. The number of nitrogens with one attached hydrogen (secondary N) is 1. The Labute approximate surface area is 170 Å². The van der Waals surface area contributed by atoms with Gasteiger partial charge in [0.2, 0.25) is 15.9 Å². The van der Waals surface area contributed by atoms with E-state index in [1.807, 2.05) is 0 Å². The van der Waals surface area contributed by atoms with E-state index in [0.29, 0.717) is 42.8 Å². The van der Waals surface area contributed by atoms with Gasteiger partial charge < -0.3 is 10.1 Å². The highest BCUT2D eigenvalue weighted by Gasteiger charge is 2.39. The predicted molar refractivity (Wildman–Crippen MR) is 110 cm³/mol. The molecule has 0 spiro atoms. The Morgan fingerprint density at radius 2 is 1.76 bits per heavy atom. The lowest BCUT2D eigenvalue weighted by atomic mass is 10.0. The van der Waals surface area contributed by atoms with Crippen molar-refractivity contribution in [1.82, 2.24) is 4.31 Å². The number of carbonyl (C=O) groups excluding carboxylic acids is 2. The zero-order valence-electron chi connectivity index (χ0n) is 16.4. The molecule has 0 saturated carbocycles. The van der Waals surface area contributed by atoms with Gasteiger partial charge in [-0.15, -0.1) is 0 Å². The summed E-state index contributed by atoms with van der Waals surface area (Å²) in [4.78, 5) is 24.5. The van der Waals surface area contributed by atoms with Gasteiger partial charge in [-0.05, 0) is 61.4 Å². The van der Waals surface area contributed by atoms with Gasteiger partial charge in [0, 0.05) is 24.2 Å². The highest BCUT2D eigenvalue weighted by atomic mass is 32.2. The quantitative estimate of drug-likeness (QED) is 0.700. The first-order chi connectivity index (χ1) is 13.9. The largest absolute Gasteiger partial charge is 0.497 e. The maximum absolute atomic E-state index is 13.1. The van der Waals surface area contributed by atoms with Crippen molar-refractivity contribution in [2.24, 2.45) is 0 Å². The van der Waals surface area contributed by atoms with Gasteiger partial charge >= 0.3 is 0 Å². The zero-order chi connectivity index (χ0) is 21.0. The Bertz CT molecular complexity index is 985. The molecule has 1 aliphatic heterocycles. The second-order valence-electron chi connectivity index (χ2n) is 6.79. The Hall–Kier alpha value is -2.71. The number of amides is 1. The minimum atomic E-state index is -3.83. The number of nitrogens with zero attached hydrogens (tertiary/aromatic N) is 1. The number of methoxy groups -OCH3 is 1. The van der Waals surface area contributed by atoms with Crippen LogP contribution in [0.1, 0.15) is 36.5 Å². The van der Waals surface area contributed by atoms with Crippen molar-refractivity contribution in [1.29, 1.82) is 0 Å². The van der Waals surface area contributed by atoms with Gasteiger partial charge in [-0.25, -0.2) is 8.42 Å². The Kier molecular flexibility index (Phi) is 6.34. The monoisotopic (exact) mass is 416 g/mol. The van der Waals surface area contributed by atoms with Crippen LogP contribution in [0.2, 0.25) is 0 Å². The molecule has 1 N–H and O–H groups in total. The lowest BCUT2D eigenvalue weighted by Gasteiger charge is -2.23. The molecule has 0 bridgehead atoms. The third-order valence-corrected chi connectivity index (χ3v) is 6.87. The van der Waals surface area contributed by atoms with E-state index in [2.05, 4.69) is 5.32 Å². The summed E-state index contributed by atoms with van der Waals surface area (Å²) in [5, 5.41) is 2.69. The molecule has 7 nitrogen and oxygen atoms in total. The smallest absolute Gasteiger partial charge is 0.243 e. The highest BCUT2D eigenvalue weighted by Crippen LogP contribution is 2.29. The van der Waals surface area contributed by atoms with Crippen molar-refractivity contribution in [2.75, 3.05) is 19.0 Å². The number of anilines is 1. The van der Waals surface area contributed by atoms with Crippen LogP contribution in [0.25, 0.3) is 0 Å². The third-order valence-electron chi connectivity index (χ3n) is 4.95. The first kappa shape index (κ1) is 21.0. The van der Waals surface area contributed by atoms with Crippen LogP contribution in [-0.2, 0) is 14.8 Å². The molecule has 3 rings (SSSR count). The number of carbonyl (C=O) groups is 2. The maximum Gasteiger partial charge on any atom is 0.243 e. The number of hydrogen-bond donors (Lipinski definition) is 1. The molecule has 8 heteroatoms. The van der Waals surface area contributed by atoms with E-state index in [0.717, 1.165) is 0 Å². The van der Waals surface area contributed by atoms with Crippen LogP contribution in [0.3, 0.4) is 0 Å². The number of ketones is 1. The fraction of sp³-hybridized carbons (Fsp3) is 0.333. The first-order valence-electron chi connectivity index (χ1n) is 9.47. The summed E-state index contributed by atoms with van der Waals surface area (Å²) in [6.07, 6.45) is 1.44. The fourth-order valence-corrected chi connectivity index (χ4v) is 4.99. The van der Waals surface area contributed by atoms with Gasteiger partial charge in [0.05, 0.1) is 18.0 Å². The van der Waals surface area contributed by atoms with Crippen LogP contribution in [0.5, 0.6) is 5.75 Å². The molecule has 0 aromatic heterocycles. The third kappa shape index (κ3) is 4.49. The van der Waals surface area contributed by atoms with Crippen molar-refractivity contribution >= 4 is 27.4 Å². The summed E-state index contributed by atoms with van der Waals surface area (Å²) in [7, 11) is -2.29. The topological polar surface area (TPSA) is 92.8 Å². The molecular formula is C21H24N2O5S. The van der Waals surface area contributed by atoms with E-state index in [1.54, 1.807) is 50.4 Å². The van der Waals surface area contributed by atoms with E-state index in [9.17, 15) is 18.0 Å². The molecule has 1 saturated heterocycles. The van der Waals surface area contributed by atoms with E-state index in [-0.39, 0.29) is 16.6 Å². The second-order valence-corrected chi connectivity index (χ2v) is 8.68. The van der Waals surface area contributed by atoms with Crippen molar-refractivity contribution in [2.45, 2.75) is 37.1 Å². The number of hydrogen-bond acceptors (Lipinski definition) is 5. The number of ether oxygens (including phenoxy) is 1. The van der Waals surface area contributed by atoms with Crippen LogP contribution in [-0.4, -0.2) is 44.1 Å². The Morgan fingerprint density at radius 3 is 2.34 bits per heavy atom. The molecule has 1 heterocycles. The first-order valence-corrected chi connectivity index (χ1v) is 10.9. The predicted octanol–water partition coefficient (Wildman–Crippen LogP) is 3.08. The zero-order valence-corrected chi connectivity index (χ0v) is 17.2. The van der Waals surface area contributed by atoms with Gasteiger partial charge in [-0.2, -0.15) is 4.31 Å². The normalized spacial score (nSPS) is 17.1. The molecule has 1 aliphatic rings. The van der Waals surface area contributed by atoms with E-state index in [4.69, 9.17) is 4.74 Å². The second kappa shape index (κ2) is 8.75. The molecule has 1 fully saturated rings. The molecule has 1 atom stereocenters. The molecule has 0 aliphatic carbocycles. The standard InChI is InChI=1S/C21H24N2O5S/c1-3-20(24)22-16-8-12-18(13-9-16)29(26,27)23-14-4-5-19(23)21(25)15-6-10-17(28-2)11-7-15/h6-13,19H,3-5,14H2,1-2H3,(H,22,24)/t19-/m1/s1. The number of rotatable bonds is 7. The lowest BCUT2D eigenvalue weighted by Crippen LogP contribution is -2.40. The van der Waals surface area contributed by atoms with Crippen molar-refractivity contribution in [3.8, 4) is 5.75 Å². The highest BCUT2D eigenvalue weighted by molar-refractivity contribution is 7.89. The maximum atomic E-state index is 13.1.